The normalized spacial score (nSPS) is 12.0. The molecule has 0 aliphatic heterocycles. The minimum Gasteiger partial charge on any atom is -0.508 e. The van der Waals surface area contributed by atoms with Gasteiger partial charge < -0.3 is 14.8 Å². The molecular formula is C27H22N2O3S. The Morgan fingerprint density at radius 3 is 2.61 bits per heavy atom. The lowest BCUT2D eigenvalue weighted by atomic mass is 9.92. The topological polar surface area (TPSA) is 75.4 Å². The van der Waals surface area contributed by atoms with E-state index in [1.54, 1.807) is 17.4 Å². The lowest BCUT2D eigenvalue weighted by Gasteiger charge is -2.22. The molecule has 2 aromatic heterocycles. The molecule has 1 amide bonds. The standard InChI is InChI=1S/C27H22N2O3S/c1-17-21(28-27(32-17)23-12-7-15-33-23)16-24(31)29-26(19-9-3-2-4-10-19)25-20-11-6-5-8-18(20)13-14-22(25)30/h2-15,26,30H,16H2,1H3,(H,29,31). The fraction of sp³-hybridized carbons (Fsp3) is 0.111. The summed E-state index contributed by atoms with van der Waals surface area (Å²) in [4.78, 5) is 18.7. The van der Waals surface area contributed by atoms with E-state index >= 15 is 0 Å². The van der Waals surface area contributed by atoms with E-state index in [1.807, 2.05) is 85.1 Å². The van der Waals surface area contributed by atoms with Gasteiger partial charge in [0.05, 0.1) is 23.0 Å². The minimum atomic E-state index is -0.520. The Labute approximate surface area is 195 Å². The quantitative estimate of drug-likeness (QED) is 0.329. The number of aromatic hydroxyl groups is 1. The molecule has 0 aliphatic rings. The van der Waals surface area contributed by atoms with E-state index in [0.29, 0.717) is 22.9 Å². The number of phenols is 1. The number of hydrogen-bond donors (Lipinski definition) is 2. The third-order valence-electron chi connectivity index (χ3n) is 5.63. The molecule has 5 nitrogen and oxygen atoms in total. The fourth-order valence-electron chi connectivity index (χ4n) is 4.02. The molecular weight excluding hydrogens is 432 g/mol. The first-order valence-electron chi connectivity index (χ1n) is 10.7. The van der Waals surface area contributed by atoms with Gasteiger partial charge in [-0.1, -0.05) is 66.7 Å². The molecule has 2 heterocycles. The molecule has 0 saturated carbocycles. The molecule has 6 heteroatoms. The minimum absolute atomic E-state index is 0.0789. The van der Waals surface area contributed by atoms with Crippen molar-refractivity contribution in [2.24, 2.45) is 0 Å². The summed E-state index contributed by atoms with van der Waals surface area (Å²) in [6.45, 7) is 1.82. The van der Waals surface area contributed by atoms with Crippen LogP contribution in [0.5, 0.6) is 5.75 Å². The number of oxazole rings is 1. The van der Waals surface area contributed by atoms with Gasteiger partial charge in [0.2, 0.25) is 11.8 Å². The van der Waals surface area contributed by atoms with Crippen LogP contribution in [0.4, 0.5) is 0 Å². The molecule has 1 atom stereocenters. The van der Waals surface area contributed by atoms with Gasteiger partial charge in [-0.2, -0.15) is 0 Å². The van der Waals surface area contributed by atoms with Crippen LogP contribution in [-0.4, -0.2) is 16.0 Å². The number of benzene rings is 3. The smallest absolute Gasteiger partial charge is 0.236 e. The molecule has 0 aliphatic carbocycles. The van der Waals surface area contributed by atoms with Gasteiger partial charge in [0.25, 0.3) is 0 Å². The van der Waals surface area contributed by atoms with Gasteiger partial charge in [-0.05, 0) is 40.8 Å². The van der Waals surface area contributed by atoms with Gasteiger partial charge in [-0.25, -0.2) is 4.98 Å². The average molecular weight is 455 g/mol. The Bertz CT molecular complexity index is 1410. The maximum Gasteiger partial charge on any atom is 0.236 e. The molecule has 0 bridgehead atoms. The molecule has 0 fully saturated rings. The maximum absolute atomic E-state index is 13.2. The lowest BCUT2D eigenvalue weighted by Crippen LogP contribution is -2.31. The number of thiophene rings is 1. The Morgan fingerprint density at radius 2 is 1.82 bits per heavy atom. The van der Waals surface area contributed by atoms with E-state index < -0.39 is 6.04 Å². The number of rotatable bonds is 6. The summed E-state index contributed by atoms with van der Waals surface area (Å²) in [7, 11) is 0. The number of phenolic OH excluding ortho intramolecular Hbond substituents is 1. The molecule has 3 aromatic carbocycles. The molecule has 1 unspecified atom stereocenters. The number of aryl methyl sites for hydroxylation is 1. The van der Waals surface area contributed by atoms with Crippen molar-refractivity contribution in [1.82, 2.24) is 10.3 Å². The highest BCUT2D eigenvalue weighted by atomic mass is 32.1. The lowest BCUT2D eigenvalue weighted by molar-refractivity contribution is -0.121. The maximum atomic E-state index is 13.2. The van der Waals surface area contributed by atoms with Gasteiger partial charge in [0.15, 0.2) is 0 Å². The van der Waals surface area contributed by atoms with Gasteiger partial charge in [0.1, 0.15) is 11.5 Å². The SMILES string of the molecule is Cc1oc(-c2cccs2)nc1CC(=O)NC(c1ccccc1)c1c(O)ccc2ccccc12. The Balaban J connectivity index is 1.49. The predicted molar refractivity (Wildman–Crippen MR) is 130 cm³/mol. The summed E-state index contributed by atoms with van der Waals surface area (Å²) in [5.41, 5.74) is 2.15. The Hall–Kier alpha value is -3.90. The highest BCUT2D eigenvalue weighted by Crippen LogP contribution is 2.36. The number of hydrogen-bond acceptors (Lipinski definition) is 5. The summed E-state index contributed by atoms with van der Waals surface area (Å²) in [5, 5.41) is 17.8. The van der Waals surface area contributed by atoms with E-state index in [0.717, 1.165) is 21.2 Å². The largest absolute Gasteiger partial charge is 0.508 e. The van der Waals surface area contributed by atoms with Crippen LogP contribution in [0.15, 0.2) is 88.7 Å². The second-order valence-corrected chi connectivity index (χ2v) is 8.75. The summed E-state index contributed by atoms with van der Waals surface area (Å²) in [5.74, 6) is 1.08. The molecule has 2 N–H and O–H groups in total. The number of aromatic nitrogens is 1. The van der Waals surface area contributed by atoms with Crippen LogP contribution in [0.2, 0.25) is 0 Å². The molecule has 164 valence electrons. The van der Waals surface area contributed by atoms with Crippen molar-refractivity contribution in [3.63, 3.8) is 0 Å². The number of nitrogens with one attached hydrogen (secondary N) is 1. The van der Waals surface area contributed by atoms with Crippen molar-refractivity contribution < 1.29 is 14.3 Å². The first-order valence-corrected chi connectivity index (χ1v) is 11.5. The van der Waals surface area contributed by atoms with Crippen LogP contribution in [0.25, 0.3) is 21.5 Å². The van der Waals surface area contributed by atoms with Crippen LogP contribution in [-0.2, 0) is 11.2 Å². The van der Waals surface area contributed by atoms with Gasteiger partial charge in [-0.15, -0.1) is 11.3 Å². The average Bonchev–Trinajstić information content (AvgIpc) is 3.49. The van der Waals surface area contributed by atoms with Crippen molar-refractivity contribution in [1.29, 1.82) is 0 Å². The van der Waals surface area contributed by atoms with Crippen LogP contribution in [0.1, 0.15) is 28.6 Å². The van der Waals surface area contributed by atoms with Crippen molar-refractivity contribution in [2.45, 2.75) is 19.4 Å². The third-order valence-corrected chi connectivity index (χ3v) is 6.49. The van der Waals surface area contributed by atoms with E-state index in [2.05, 4.69) is 10.3 Å². The predicted octanol–water partition coefficient (Wildman–Crippen LogP) is 6.02. The van der Waals surface area contributed by atoms with E-state index in [-0.39, 0.29) is 18.1 Å². The molecule has 0 saturated heterocycles. The zero-order chi connectivity index (χ0) is 22.8. The monoisotopic (exact) mass is 454 g/mol. The fourth-order valence-corrected chi connectivity index (χ4v) is 4.67. The summed E-state index contributed by atoms with van der Waals surface area (Å²) in [6, 6.07) is 24.4. The van der Waals surface area contributed by atoms with Crippen molar-refractivity contribution in [3.8, 4) is 16.5 Å². The highest BCUT2D eigenvalue weighted by Gasteiger charge is 2.24. The Morgan fingerprint density at radius 1 is 1.03 bits per heavy atom. The van der Waals surface area contributed by atoms with E-state index in [1.165, 1.54) is 0 Å². The summed E-state index contributed by atoms with van der Waals surface area (Å²) in [6.07, 6.45) is 0.0789. The molecule has 0 spiro atoms. The van der Waals surface area contributed by atoms with Crippen LogP contribution in [0, 0.1) is 6.92 Å². The summed E-state index contributed by atoms with van der Waals surface area (Å²) < 4.78 is 5.79. The van der Waals surface area contributed by atoms with Gasteiger partial charge in [0, 0.05) is 5.56 Å². The number of nitrogens with zero attached hydrogens (tertiary/aromatic N) is 1. The first kappa shape index (κ1) is 21.0. The Kier molecular flexibility index (Phi) is 5.67. The van der Waals surface area contributed by atoms with Gasteiger partial charge in [-0.3, -0.25) is 4.79 Å². The number of fused-ring (bicyclic) bond motifs is 1. The number of carbonyl (C=O) groups excluding carboxylic acids is 1. The van der Waals surface area contributed by atoms with Crippen LogP contribution in [0.3, 0.4) is 0 Å². The molecule has 0 radical (unpaired) electrons. The zero-order valence-corrected chi connectivity index (χ0v) is 18.8. The second-order valence-electron chi connectivity index (χ2n) is 7.81. The zero-order valence-electron chi connectivity index (χ0n) is 18.0. The molecule has 33 heavy (non-hydrogen) atoms. The van der Waals surface area contributed by atoms with Crippen molar-refractivity contribution >= 4 is 28.0 Å². The first-order chi connectivity index (χ1) is 16.1. The highest BCUT2D eigenvalue weighted by molar-refractivity contribution is 7.13. The molecule has 5 aromatic rings. The second kappa shape index (κ2) is 8.92. The van der Waals surface area contributed by atoms with Crippen LogP contribution < -0.4 is 5.32 Å². The van der Waals surface area contributed by atoms with Crippen LogP contribution >= 0.6 is 11.3 Å². The van der Waals surface area contributed by atoms with E-state index in [9.17, 15) is 9.90 Å². The summed E-state index contributed by atoms with van der Waals surface area (Å²) >= 11 is 1.54. The number of amides is 1. The van der Waals surface area contributed by atoms with Gasteiger partial charge >= 0.3 is 0 Å². The third kappa shape index (κ3) is 4.25. The number of carbonyl (C=O) groups is 1. The van der Waals surface area contributed by atoms with Crippen molar-refractivity contribution in [3.05, 3.63) is 107 Å². The van der Waals surface area contributed by atoms with E-state index in [4.69, 9.17) is 4.42 Å². The molecule has 5 rings (SSSR count). The van der Waals surface area contributed by atoms with Crippen molar-refractivity contribution in [2.75, 3.05) is 0 Å².